The van der Waals surface area contributed by atoms with Crippen molar-refractivity contribution in [2.75, 3.05) is 5.32 Å². The van der Waals surface area contributed by atoms with Gasteiger partial charge in [0, 0.05) is 16.3 Å². The first kappa shape index (κ1) is 12.5. The van der Waals surface area contributed by atoms with Gasteiger partial charge in [-0.05, 0) is 18.2 Å². The minimum atomic E-state index is -2.01. The van der Waals surface area contributed by atoms with E-state index in [4.69, 9.17) is 17.3 Å². The van der Waals surface area contributed by atoms with Crippen LogP contribution >= 0.6 is 23.4 Å². The summed E-state index contributed by atoms with van der Waals surface area (Å²) in [5.41, 5.74) is 4.14. The molecule has 0 saturated heterocycles. The number of anilines is 1. The number of amidine groups is 1. The van der Waals surface area contributed by atoms with Gasteiger partial charge in [-0.2, -0.15) is 4.99 Å². The van der Waals surface area contributed by atoms with E-state index in [1.807, 2.05) is 0 Å². The highest BCUT2D eigenvalue weighted by molar-refractivity contribution is 8.15. The third kappa shape index (κ3) is 1.66. The highest BCUT2D eigenvalue weighted by Gasteiger charge is 2.56. The van der Waals surface area contributed by atoms with E-state index in [1.165, 1.54) is 6.07 Å². The minimum Gasteiger partial charge on any atom is -0.378 e. The summed E-state index contributed by atoms with van der Waals surface area (Å²) in [6.45, 7) is 0. The normalized spacial score (nSPS) is 29.2. The van der Waals surface area contributed by atoms with Crippen LogP contribution in [0.5, 0.6) is 0 Å². The van der Waals surface area contributed by atoms with Gasteiger partial charge in [0.25, 0.3) is 11.8 Å². The largest absolute Gasteiger partial charge is 0.378 e. The van der Waals surface area contributed by atoms with Crippen molar-refractivity contribution >= 4 is 46.0 Å². The van der Waals surface area contributed by atoms with Crippen LogP contribution in [0.3, 0.4) is 0 Å². The van der Waals surface area contributed by atoms with Gasteiger partial charge in [-0.1, -0.05) is 23.4 Å². The zero-order chi connectivity index (χ0) is 13.8. The monoisotopic (exact) mass is 297 g/mol. The summed E-state index contributed by atoms with van der Waals surface area (Å²) < 4.78 is 0. The fraction of sp³-hybridized carbons (Fsp3) is 0.182. The molecule has 0 aromatic heterocycles. The van der Waals surface area contributed by atoms with Gasteiger partial charge in [0.05, 0.1) is 0 Å². The molecule has 2 unspecified atom stereocenters. The summed E-state index contributed by atoms with van der Waals surface area (Å²) in [5, 5.41) is 12.5. The van der Waals surface area contributed by atoms with Gasteiger partial charge in [-0.15, -0.1) is 0 Å². The van der Waals surface area contributed by atoms with Gasteiger partial charge in [-0.25, -0.2) is 0 Å². The van der Waals surface area contributed by atoms with Gasteiger partial charge >= 0.3 is 0 Å². The fourth-order valence-corrected chi connectivity index (χ4v) is 3.28. The number of hydrogen-bond acceptors (Lipinski definition) is 5. The molecule has 2 aliphatic rings. The smallest absolute Gasteiger partial charge is 0.265 e. The second-order valence-electron chi connectivity index (χ2n) is 4.20. The molecule has 3 rings (SSSR count). The number of benzene rings is 1. The summed E-state index contributed by atoms with van der Waals surface area (Å²) in [7, 11) is 0. The van der Waals surface area contributed by atoms with E-state index in [0.717, 1.165) is 11.8 Å². The van der Waals surface area contributed by atoms with E-state index in [-0.39, 0.29) is 10.7 Å². The summed E-state index contributed by atoms with van der Waals surface area (Å²) in [5.74, 6) is -1.31. The van der Waals surface area contributed by atoms with E-state index in [1.54, 1.807) is 12.1 Å². The summed E-state index contributed by atoms with van der Waals surface area (Å²) >= 11 is 6.74. The van der Waals surface area contributed by atoms with Gasteiger partial charge in [0.1, 0.15) is 5.25 Å². The first-order chi connectivity index (χ1) is 8.92. The van der Waals surface area contributed by atoms with Gasteiger partial charge in [0.2, 0.25) is 0 Å². The number of hydrogen-bond donors (Lipinski definition) is 3. The number of rotatable bonds is 1. The molecule has 6 nitrogen and oxygen atoms in total. The number of halogens is 1. The summed E-state index contributed by atoms with van der Waals surface area (Å²) in [6.07, 6.45) is 0. The molecular formula is C11H8ClN3O3S. The topological polar surface area (TPSA) is 105 Å². The van der Waals surface area contributed by atoms with Crippen molar-refractivity contribution in [2.24, 2.45) is 10.7 Å². The van der Waals surface area contributed by atoms with Crippen LogP contribution in [0.25, 0.3) is 0 Å². The zero-order valence-corrected chi connectivity index (χ0v) is 11.0. The summed E-state index contributed by atoms with van der Waals surface area (Å²) in [6, 6.07) is 4.61. The van der Waals surface area contributed by atoms with E-state index < -0.39 is 22.7 Å². The van der Waals surface area contributed by atoms with Crippen LogP contribution in [-0.2, 0) is 15.2 Å². The molecule has 0 spiro atoms. The van der Waals surface area contributed by atoms with Crippen LogP contribution in [-0.4, -0.2) is 27.3 Å². The second kappa shape index (κ2) is 3.96. The van der Waals surface area contributed by atoms with Crippen LogP contribution in [0, 0.1) is 0 Å². The van der Waals surface area contributed by atoms with Crippen molar-refractivity contribution in [3.8, 4) is 0 Å². The van der Waals surface area contributed by atoms with Crippen LogP contribution < -0.4 is 11.1 Å². The molecule has 2 amide bonds. The number of thioether (sulfide) groups is 1. The molecule has 1 aromatic rings. The lowest BCUT2D eigenvalue weighted by atomic mass is 9.91. The van der Waals surface area contributed by atoms with Crippen molar-refractivity contribution in [3.05, 3.63) is 28.8 Å². The molecule has 8 heteroatoms. The third-order valence-electron chi connectivity index (χ3n) is 3.05. The molecule has 0 bridgehead atoms. The number of carbonyl (C=O) groups is 2. The quantitative estimate of drug-likeness (QED) is 0.697. The van der Waals surface area contributed by atoms with Gasteiger partial charge < -0.3 is 16.2 Å². The standard InChI is InChI=1S/C11H8ClN3O3S/c12-4-1-2-6-5(3-4)11(18,9(17)14-6)7-8(16)15-10(13)19-7/h1-3,7,18H,(H,14,17)(H2,13,15,16). The highest BCUT2D eigenvalue weighted by Crippen LogP contribution is 2.45. The fourth-order valence-electron chi connectivity index (χ4n) is 2.17. The Morgan fingerprint density at radius 2 is 2.21 bits per heavy atom. The van der Waals surface area contributed by atoms with Crippen LogP contribution in [0.1, 0.15) is 5.56 Å². The van der Waals surface area contributed by atoms with Gasteiger partial charge in [0.15, 0.2) is 10.8 Å². The maximum absolute atomic E-state index is 12.0. The highest BCUT2D eigenvalue weighted by atomic mass is 35.5. The number of nitrogens with zero attached hydrogens (tertiary/aromatic N) is 1. The Labute approximate surface area is 117 Å². The Hall–Kier alpha value is -1.57. The number of aliphatic imine (C=N–C) groups is 1. The lowest BCUT2D eigenvalue weighted by Crippen LogP contribution is -2.46. The molecule has 2 aliphatic heterocycles. The van der Waals surface area contributed by atoms with E-state index in [2.05, 4.69) is 10.3 Å². The molecule has 0 radical (unpaired) electrons. The number of fused-ring (bicyclic) bond motifs is 1. The molecule has 1 aromatic carbocycles. The van der Waals surface area contributed by atoms with Crippen molar-refractivity contribution < 1.29 is 14.7 Å². The Kier molecular flexibility index (Phi) is 2.60. The van der Waals surface area contributed by atoms with E-state index in [9.17, 15) is 14.7 Å². The number of carbonyl (C=O) groups excluding carboxylic acids is 2. The second-order valence-corrected chi connectivity index (χ2v) is 5.76. The number of aliphatic hydroxyl groups is 1. The molecule has 2 heterocycles. The predicted octanol–water partition coefficient (Wildman–Crippen LogP) is 0.436. The molecule has 0 aliphatic carbocycles. The molecule has 0 fully saturated rings. The average molecular weight is 298 g/mol. The number of amides is 2. The van der Waals surface area contributed by atoms with Crippen LogP contribution in [0.4, 0.5) is 5.69 Å². The molecular weight excluding hydrogens is 290 g/mol. The summed E-state index contributed by atoms with van der Waals surface area (Å²) in [4.78, 5) is 27.3. The maximum Gasteiger partial charge on any atom is 0.265 e. The lowest BCUT2D eigenvalue weighted by molar-refractivity contribution is -0.138. The maximum atomic E-state index is 12.0. The predicted molar refractivity (Wildman–Crippen MR) is 72.0 cm³/mol. The molecule has 98 valence electrons. The van der Waals surface area contributed by atoms with Crippen molar-refractivity contribution in [2.45, 2.75) is 10.9 Å². The van der Waals surface area contributed by atoms with Crippen molar-refractivity contribution in [1.29, 1.82) is 0 Å². The van der Waals surface area contributed by atoms with Gasteiger partial charge in [-0.3, -0.25) is 9.59 Å². The SMILES string of the molecule is NC1=NC(=O)C(C2(O)C(=O)Nc3ccc(Cl)cc32)S1. The van der Waals surface area contributed by atoms with E-state index in [0.29, 0.717) is 10.7 Å². The third-order valence-corrected chi connectivity index (χ3v) is 4.40. The minimum absolute atomic E-state index is 0.0340. The Balaban J connectivity index is 2.13. The molecule has 2 atom stereocenters. The average Bonchev–Trinajstić information content (AvgIpc) is 2.80. The van der Waals surface area contributed by atoms with Crippen molar-refractivity contribution in [1.82, 2.24) is 0 Å². The Morgan fingerprint density at radius 1 is 1.47 bits per heavy atom. The van der Waals surface area contributed by atoms with E-state index >= 15 is 0 Å². The number of nitrogens with two attached hydrogens (primary N) is 1. The molecule has 0 saturated carbocycles. The molecule has 4 N–H and O–H groups in total. The molecule has 19 heavy (non-hydrogen) atoms. The van der Waals surface area contributed by atoms with Crippen LogP contribution in [0.15, 0.2) is 23.2 Å². The Bertz CT molecular complexity index is 648. The number of nitrogens with one attached hydrogen (secondary N) is 1. The van der Waals surface area contributed by atoms with Crippen LogP contribution in [0.2, 0.25) is 5.02 Å². The Morgan fingerprint density at radius 3 is 2.84 bits per heavy atom. The lowest BCUT2D eigenvalue weighted by Gasteiger charge is -2.25. The first-order valence-electron chi connectivity index (χ1n) is 5.31. The first-order valence-corrected chi connectivity index (χ1v) is 6.57. The van der Waals surface area contributed by atoms with Crippen molar-refractivity contribution in [3.63, 3.8) is 0 Å². The zero-order valence-electron chi connectivity index (χ0n) is 9.38.